The fourth-order valence-electron chi connectivity index (χ4n) is 1.81. The maximum absolute atomic E-state index is 11.5. The minimum atomic E-state index is -0.582. The predicted molar refractivity (Wildman–Crippen MR) is 65.0 cm³/mol. The number of pyridine rings is 1. The van der Waals surface area contributed by atoms with E-state index in [1.54, 1.807) is 0 Å². The zero-order valence-electron chi connectivity index (χ0n) is 10.0. The highest BCUT2D eigenvalue weighted by atomic mass is 16.6. The van der Waals surface area contributed by atoms with E-state index in [0.29, 0.717) is 4.73 Å². The second-order valence-electron chi connectivity index (χ2n) is 3.88. The first-order chi connectivity index (χ1) is 9.00. The number of hydrogen-bond acceptors (Lipinski definition) is 5. The summed E-state index contributed by atoms with van der Waals surface area (Å²) in [4.78, 5) is 21.3. The van der Waals surface area contributed by atoms with Gasteiger partial charge in [-0.05, 0) is 12.1 Å². The Balaban J connectivity index is 2.62. The Morgan fingerprint density at radius 2 is 2.16 bits per heavy atom. The van der Waals surface area contributed by atoms with Crippen LogP contribution in [0.1, 0.15) is 12.5 Å². The molecule has 0 atom stereocenters. The number of aromatic nitrogens is 1. The Labute approximate surface area is 107 Å². The largest absolute Gasteiger partial charge is 0.618 e. The van der Waals surface area contributed by atoms with Gasteiger partial charge in [0.25, 0.3) is 5.69 Å². The fraction of sp³-hybridized carbons (Fsp3) is 0.167. The highest BCUT2D eigenvalue weighted by Crippen LogP contribution is 2.28. The number of nitro benzene ring substituents is 1. The number of ether oxygens (including phenoxy) is 1. The molecule has 2 rings (SSSR count). The number of hydrogen-bond donors (Lipinski definition) is 0. The van der Waals surface area contributed by atoms with Crippen LogP contribution in [0.25, 0.3) is 10.9 Å². The minimum absolute atomic E-state index is 0.195. The molecule has 0 spiro atoms. The van der Waals surface area contributed by atoms with Crippen LogP contribution >= 0.6 is 0 Å². The summed E-state index contributed by atoms with van der Waals surface area (Å²) in [7, 11) is 0. The lowest BCUT2D eigenvalue weighted by Crippen LogP contribution is -2.26. The van der Waals surface area contributed by atoms with Crippen LogP contribution in [0, 0.1) is 15.3 Å². The van der Waals surface area contributed by atoms with Gasteiger partial charge in [-0.2, -0.15) is 4.73 Å². The number of esters is 1. The normalized spacial score (nSPS) is 10.4. The van der Waals surface area contributed by atoms with Crippen LogP contribution in [0.15, 0.2) is 30.5 Å². The van der Waals surface area contributed by atoms with Gasteiger partial charge in [-0.15, -0.1) is 0 Å². The quantitative estimate of drug-likeness (QED) is 0.274. The number of nitro groups is 1. The maximum Gasteiger partial charge on any atom is 0.302 e. The number of fused-ring (bicyclic) bond motifs is 1. The van der Waals surface area contributed by atoms with E-state index in [0.717, 1.165) is 0 Å². The van der Waals surface area contributed by atoms with Crippen molar-refractivity contribution >= 4 is 22.6 Å². The number of benzene rings is 1. The van der Waals surface area contributed by atoms with Crippen molar-refractivity contribution in [3.8, 4) is 0 Å². The predicted octanol–water partition coefficient (Wildman–Crippen LogP) is 1.44. The molecule has 0 aliphatic rings. The van der Waals surface area contributed by atoms with Crippen LogP contribution in [0.2, 0.25) is 0 Å². The lowest BCUT2D eigenvalue weighted by atomic mass is 10.1. The van der Waals surface area contributed by atoms with Crippen molar-refractivity contribution in [2.24, 2.45) is 0 Å². The summed E-state index contributed by atoms with van der Waals surface area (Å²) in [6.07, 6.45) is 1.26. The average molecular weight is 262 g/mol. The first-order valence-corrected chi connectivity index (χ1v) is 5.42. The third kappa shape index (κ3) is 2.44. The third-order valence-corrected chi connectivity index (χ3v) is 2.61. The number of rotatable bonds is 3. The van der Waals surface area contributed by atoms with E-state index < -0.39 is 10.9 Å². The summed E-state index contributed by atoms with van der Waals surface area (Å²) in [6.45, 7) is 1.02. The molecule has 0 amide bonds. The van der Waals surface area contributed by atoms with Crippen LogP contribution in [0.5, 0.6) is 0 Å². The average Bonchev–Trinajstić information content (AvgIpc) is 2.35. The summed E-state index contributed by atoms with van der Waals surface area (Å²) >= 11 is 0. The molecule has 0 aliphatic carbocycles. The molecule has 0 N–H and O–H groups in total. The molecule has 1 aromatic heterocycles. The monoisotopic (exact) mass is 262 g/mol. The van der Waals surface area contributed by atoms with Crippen molar-refractivity contribution in [3.63, 3.8) is 0 Å². The van der Waals surface area contributed by atoms with Crippen LogP contribution in [-0.4, -0.2) is 10.9 Å². The summed E-state index contributed by atoms with van der Waals surface area (Å²) in [5.41, 5.74) is 0.226. The van der Waals surface area contributed by atoms with Crippen LogP contribution < -0.4 is 4.73 Å². The molecule has 98 valence electrons. The Hall–Kier alpha value is -2.70. The van der Waals surface area contributed by atoms with Crippen LogP contribution in [-0.2, 0) is 16.1 Å². The van der Waals surface area contributed by atoms with Gasteiger partial charge in [0.15, 0.2) is 6.20 Å². The molecule has 0 saturated heterocycles. The molecule has 1 aromatic carbocycles. The first kappa shape index (κ1) is 12.7. The standard InChI is InChI=1S/C12H10N2O5/c1-8(15)19-7-9-4-5-11-10(12(9)14(17)18)3-2-6-13(11)16/h2-6H,7H2,1H3. The van der Waals surface area contributed by atoms with Crippen LogP contribution in [0.3, 0.4) is 0 Å². The Kier molecular flexibility index (Phi) is 3.28. The SMILES string of the molecule is CC(=O)OCc1ccc2c(ccc[n+]2[O-])c1[N+](=O)[O-]. The van der Waals surface area contributed by atoms with Crippen molar-refractivity contribution in [2.45, 2.75) is 13.5 Å². The third-order valence-electron chi connectivity index (χ3n) is 2.61. The van der Waals surface area contributed by atoms with Crippen LogP contribution in [0.4, 0.5) is 5.69 Å². The molecule has 7 nitrogen and oxygen atoms in total. The topological polar surface area (TPSA) is 96.4 Å². The summed E-state index contributed by atoms with van der Waals surface area (Å²) < 4.78 is 5.32. The first-order valence-electron chi connectivity index (χ1n) is 5.42. The Morgan fingerprint density at radius 1 is 1.42 bits per heavy atom. The van der Waals surface area contributed by atoms with E-state index in [1.165, 1.54) is 37.4 Å². The highest BCUT2D eigenvalue weighted by Gasteiger charge is 2.22. The minimum Gasteiger partial charge on any atom is -0.618 e. The van der Waals surface area contributed by atoms with Gasteiger partial charge in [-0.1, -0.05) is 0 Å². The molecule has 0 aliphatic heterocycles. The van der Waals surface area contributed by atoms with Gasteiger partial charge in [0.05, 0.1) is 10.5 Å². The molecule has 7 heteroatoms. The van der Waals surface area contributed by atoms with Gasteiger partial charge in [0.2, 0.25) is 5.52 Å². The van der Waals surface area contributed by atoms with Gasteiger partial charge in [-0.25, -0.2) is 0 Å². The summed E-state index contributed by atoms with van der Waals surface area (Å²) in [5.74, 6) is -0.527. The molecule has 0 bridgehead atoms. The van der Waals surface area contributed by atoms with Crippen molar-refractivity contribution in [1.82, 2.24) is 0 Å². The molecule has 2 aromatic rings. The molecular weight excluding hydrogens is 252 g/mol. The summed E-state index contributed by atoms with van der Waals surface area (Å²) in [6, 6.07) is 5.79. The zero-order valence-corrected chi connectivity index (χ0v) is 10.0. The molecule has 19 heavy (non-hydrogen) atoms. The van der Waals surface area contributed by atoms with E-state index in [2.05, 4.69) is 0 Å². The lowest BCUT2D eigenvalue weighted by molar-refractivity contribution is -0.577. The molecule has 1 heterocycles. The van der Waals surface area contributed by atoms with Crippen molar-refractivity contribution in [3.05, 3.63) is 51.3 Å². The van der Waals surface area contributed by atoms with Crippen molar-refractivity contribution in [2.75, 3.05) is 0 Å². The van der Waals surface area contributed by atoms with Gasteiger partial charge >= 0.3 is 5.97 Å². The number of carbonyl (C=O) groups excluding carboxylic acids is 1. The second-order valence-corrected chi connectivity index (χ2v) is 3.88. The Bertz CT molecular complexity index is 668. The van der Waals surface area contributed by atoms with Crippen molar-refractivity contribution < 1.29 is 19.2 Å². The number of carbonyl (C=O) groups is 1. The fourth-order valence-corrected chi connectivity index (χ4v) is 1.81. The van der Waals surface area contributed by atoms with Gasteiger partial charge in [0, 0.05) is 19.1 Å². The molecule has 0 saturated carbocycles. The molecule has 0 fully saturated rings. The molecular formula is C12H10N2O5. The smallest absolute Gasteiger partial charge is 0.302 e. The summed E-state index contributed by atoms with van der Waals surface area (Å²) in [5, 5.41) is 22.9. The van der Waals surface area contributed by atoms with Gasteiger partial charge in [-0.3, -0.25) is 14.9 Å². The van der Waals surface area contributed by atoms with E-state index >= 15 is 0 Å². The second kappa shape index (κ2) is 4.89. The lowest BCUT2D eigenvalue weighted by Gasteiger charge is -2.06. The molecule has 0 radical (unpaired) electrons. The van der Waals surface area contributed by atoms with Crippen molar-refractivity contribution in [1.29, 1.82) is 0 Å². The van der Waals surface area contributed by atoms with E-state index in [4.69, 9.17) is 4.74 Å². The maximum atomic E-state index is 11.5. The van der Waals surface area contributed by atoms with E-state index in [9.17, 15) is 20.1 Å². The molecule has 0 unspecified atom stereocenters. The Morgan fingerprint density at radius 3 is 2.79 bits per heavy atom. The zero-order chi connectivity index (χ0) is 14.0. The highest BCUT2D eigenvalue weighted by molar-refractivity contribution is 5.87. The van der Waals surface area contributed by atoms with E-state index in [1.807, 2.05) is 0 Å². The number of nitrogens with zero attached hydrogens (tertiary/aromatic N) is 2. The van der Waals surface area contributed by atoms with Gasteiger partial charge < -0.3 is 9.94 Å². The van der Waals surface area contributed by atoms with Gasteiger partial charge in [0.1, 0.15) is 12.0 Å². The van der Waals surface area contributed by atoms with E-state index in [-0.39, 0.29) is 28.8 Å².